The monoisotopic (exact) mass is 224 g/mol. The highest BCUT2D eigenvalue weighted by Crippen LogP contribution is 2.30. The van der Waals surface area contributed by atoms with E-state index in [9.17, 15) is 9.90 Å². The predicted molar refractivity (Wildman–Crippen MR) is 53.8 cm³/mol. The molecule has 0 aliphatic heterocycles. The largest absolute Gasteiger partial charge is 0.492 e. The number of aromatic hydroxyl groups is 1. The lowest BCUT2D eigenvalue weighted by Gasteiger charge is -1.84. The Morgan fingerprint density at radius 3 is 2.80 bits per heavy atom. The van der Waals surface area contributed by atoms with Crippen LogP contribution in [0.2, 0.25) is 0 Å². The molecule has 0 aromatic carbocycles. The van der Waals surface area contributed by atoms with Crippen molar-refractivity contribution in [3.8, 4) is 16.6 Å². The highest BCUT2D eigenvalue weighted by Gasteiger charge is 2.16. The molecule has 2 aromatic heterocycles. The van der Waals surface area contributed by atoms with E-state index in [0.29, 0.717) is 10.7 Å². The summed E-state index contributed by atoms with van der Waals surface area (Å²) in [6.45, 7) is 1.38. The fraction of sp³-hybridized carbons (Fsp3) is 0.250. The van der Waals surface area contributed by atoms with Gasteiger partial charge in [-0.25, -0.2) is 0 Å². The number of nitrogens with zero attached hydrogens (tertiary/aromatic N) is 4. The van der Waals surface area contributed by atoms with Crippen molar-refractivity contribution in [2.75, 3.05) is 0 Å². The summed E-state index contributed by atoms with van der Waals surface area (Å²) < 4.78 is 0. The van der Waals surface area contributed by atoms with Crippen molar-refractivity contribution < 1.29 is 9.90 Å². The number of thiazole rings is 1. The van der Waals surface area contributed by atoms with Gasteiger partial charge < -0.3 is 5.11 Å². The average Bonchev–Trinajstić information content (AvgIpc) is 2.71. The van der Waals surface area contributed by atoms with Gasteiger partial charge in [0.15, 0.2) is 5.78 Å². The van der Waals surface area contributed by atoms with Crippen LogP contribution in [-0.4, -0.2) is 30.9 Å². The maximum atomic E-state index is 11.1. The molecule has 0 amide bonds. The zero-order valence-electron chi connectivity index (χ0n) is 8.13. The Hall–Kier alpha value is -1.76. The van der Waals surface area contributed by atoms with Crippen molar-refractivity contribution in [2.24, 2.45) is 7.05 Å². The Labute approximate surface area is 89.2 Å². The van der Waals surface area contributed by atoms with Crippen LogP contribution in [0.4, 0.5) is 0 Å². The lowest BCUT2D eigenvalue weighted by molar-refractivity contribution is 0.101. The average molecular weight is 224 g/mol. The first-order valence-corrected chi connectivity index (χ1v) is 4.97. The third kappa shape index (κ3) is 1.73. The molecule has 7 heteroatoms. The summed E-state index contributed by atoms with van der Waals surface area (Å²) in [7, 11) is 1.68. The highest BCUT2D eigenvalue weighted by atomic mass is 32.1. The van der Waals surface area contributed by atoms with Crippen LogP contribution < -0.4 is 0 Å². The van der Waals surface area contributed by atoms with E-state index in [4.69, 9.17) is 0 Å². The number of carbonyl (C=O) groups excluding carboxylic acids is 1. The van der Waals surface area contributed by atoms with E-state index in [2.05, 4.69) is 15.2 Å². The zero-order chi connectivity index (χ0) is 11.0. The molecule has 0 saturated heterocycles. The van der Waals surface area contributed by atoms with Gasteiger partial charge >= 0.3 is 0 Å². The molecule has 0 aliphatic carbocycles. The van der Waals surface area contributed by atoms with Gasteiger partial charge in [-0.2, -0.15) is 20.0 Å². The summed E-state index contributed by atoms with van der Waals surface area (Å²) in [5, 5.41) is 17.8. The second-order valence-electron chi connectivity index (χ2n) is 2.95. The van der Waals surface area contributed by atoms with Crippen LogP contribution in [-0.2, 0) is 7.05 Å². The molecule has 0 unspecified atom stereocenters. The molecular weight excluding hydrogens is 216 g/mol. The number of Topliss-reactive ketones (excluding diaryl/α,β-unsaturated/α-hetero) is 1. The van der Waals surface area contributed by atoms with Crippen LogP contribution in [0.5, 0.6) is 5.88 Å². The van der Waals surface area contributed by atoms with Crippen LogP contribution >= 0.6 is 11.3 Å². The summed E-state index contributed by atoms with van der Waals surface area (Å²) >= 11 is 1.11. The molecule has 78 valence electrons. The predicted octanol–water partition coefficient (Wildman–Crippen LogP) is 0.847. The van der Waals surface area contributed by atoms with E-state index in [1.54, 1.807) is 7.05 Å². The quantitative estimate of drug-likeness (QED) is 0.765. The number of rotatable bonds is 2. The molecule has 0 atom stereocenters. The molecule has 0 fully saturated rings. The normalized spacial score (nSPS) is 10.5. The third-order valence-corrected chi connectivity index (χ3v) is 2.92. The van der Waals surface area contributed by atoms with Gasteiger partial charge in [-0.05, 0) is 0 Å². The van der Waals surface area contributed by atoms with Gasteiger partial charge in [-0.15, -0.1) is 11.3 Å². The van der Waals surface area contributed by atoms with Gasteiger partial charge in [0.05, 0.1) is 6.20 Å². The van der Waals surface area contributed by atoms with Crippen LogP contribution in [0.3, 0.4) is 0 Å². The Morgan fingerprint density at radius 2 is 2.33 bits per heavy atom. The molecule has 0 radical (unpaired) electrons. The Morgan fingerprint density at radius 1 is 1.60 bits per heavy atom. The Bertz CT molecular complexity index is 516. The van der Waals surface area contributed by atoms with Gasteiger partial charge in [0, 0.05) is 14.0 Å². The van der Waals surface area contributed by atoms with Crippen molar-refractivity contribution in [3.05, 3.63) is 11.1 Å². The van der Waals surface area contributed by atoms with E-state index in [-0.39, 0.29) is 16.5 Å². The second kappa shape index (κ2) is 3.43. The molecule has 1 N–H and O–H groups in total. The van der Waals surface area contributed by atoms with Crippen LogP contribution in [0.1, 0.15) is 16.6 Å². The standard InChI is InChI=1S/C8H8N4O2S/c1-4(13)6-7(14)10-8(15-6)5-3-9-12(2)11-5/h3,14H,1-2H3. The topological polar surface area (TPSA) is 80.9 Å². The fourth-order valence-electron chi connectivity index (χ4n) is 1.09. The first kappa shape index (κ1) is 9.78. The molecular formula is C8H8N4O2S. The maximum absolute atomic E-state index is 11.1. The Kier molecular flexibility index (Phi) is 2.24. The van der Waals surface area contributed by atoms with E-state index >= 15 is 0 Å². The van der Waals surface area contributed by atoms with Gasteiger partial charge in [-0.3, -0.25) is 4.79 Å². The van der Waals surface area contributed by atoms with E-state index in [1.165, 1.54) is 17.9 Å². The van der Waals surface area contributed by atoms with Crippen molar-refractivity contribution in [3.63, 3.8) is 0 Å². The van der Waals surface area contributed by atoms with Gasteiger partial charge in [0.1, 0.15) is 15.6 Å². The van der Waals surface area contributed by atoms with Crippen molar-refractivity contribution in [1.82, 2.24) is 20.0 Å². The molecule has 2 heterocycles. The van der Waals surface area contributed by atoms with Gasteiger partial charge in [-0.1, -0.05) is 0 Å². The number of hydrogen-bond donors (Lipinski definition) is 1. The lowest BCUT2D eigenvalue weighted by atomic mass is 10.4. The number of aromatic nitrogens is 4. The van der Waals surface area contributed by atoms with Crippen LogP contribution in [0, 0.1) is 0 Å². The smallest absolute Gasteiger partial charge is 0.233 e. The summed E-state index contributed by atoms with van der Waals surface area (Å²) in [5.74, 6) is -0.451. The van der Waals surface area contributed by atoms with Crippen molar-refractivity contribution in [2.45, 2.75) is 6.92 Å². The first-order chi connectivity index (χ1) is 7.08. The van der Waals surface area contributed by atoms with Crippen LogP contribution in [0.25, 0.3) is 10.7 Å². The second-order valence-corrected chi connectivity index (χ2v) is 3.95. The summed E-state index contributed by atoms with van der Waals surface area (Å²) in [6, 6.07) is 0. The molecule has 0 spiro atoms. The molecule has 6 nitrogen and oxygen atoms in total. The molecule has 15 heavy (non-hydrogen) atoms. The molecule has 0 aliphatic rings. The SMILES string of the molecule is CC(=O)c1sc(-c2cnn(C)n2)nc1O. The molecule has 0 saturated carbocycles. The zero-order valence-corrected chi connectivity index (χ0v) is 8.95. The van der Waals surface area contributed by atoms with E-state index in [1.807, 2.05) is 0 Å². The van der Waals surface area contributed by atoms with Gasteiger partial charge in [0.2, 0.25) is 5.88 Å². The highest BCUT2D eigenvalue weighted by molar-refractivity contribution is 7.17. The molecule has 2 aromatic rings. The molecule has 0 bridgehead atoms. The van der Waals surface area contributed by atoms with Crippen molar-refractivity contribution >= 4 is 17.1 Å². The third-order valence-electron chi connectivity index (χ3n) is 1.75. The summed E-state index contributed by atoms with van der Waals surface area (Å²) in [6.07, 6.45) is 1.53. The van der Waals surface area contributed by atoms with Crippen LogP contribution in [0.15, 0.2) is 6.20 Å². The minimum atomic E-state index is -0.242. The summed E-state index contributed by atoms with van der Waals surface area (Å²) in [4.78, 5) is 16.6. The number of aryl methyl sites for hydroxylation is 1. The minimum absolute atomic E-state index is 0.208. The molecule has 2 rings (SSSR count). The minimum Gasteiger partial charge on any atom is -0.492 e. The van der Waals surface area contributed by atoms with E-state index in [0.717, 1.165) is 11.3 Å². The summed E-state index contributed by atoms with van der Waals surface area (Å²) in [5.41, 5.74) is 0.547. The fourth-order valence-corrected chi connectivity index (χ4v) is 1.90. The number of hydrogen-bond acceptors (Lipinski definition) is 6. The Balaban J connectivity index is 2.46. The first-order valence-electron chi connectivity index (χ1n) is 4.15. The number of carbonyl (C=O) groups is 1. The van der Waals surface area contributed by atoms with Crippen molar-refractivity contribution in [1.29, 1.82) is 0 Å². The van der Waals surface area contributed by atoms with E-state index < -0.39 is 0 Å². The number of ketones is 1. The lowest BCUT2D eigenvalue weighted by Crippen LogP contribution is -1.91. The van der Waals surface area contributed by atoms with Gasteiger partial charge in [0.25, 0.3) is 0 Å². The maximum Gasteiger partial charge on any atom is 0.233 e.